The fourth-order valence-electron chi connectivity index (χ4n) is 2.89. The Morgan fingerprint density at radius 1 is 1.21 bits per heavy atom. The molecule has 2 aromatic carbocycles. The van der Waals surface area contributed by atoms with E-state index in [0.29, 0.717) is 29.5 Å². The number of nitrogens with zero attached hydrogens (tertiary/aromatic N) is 1. The van der Waals surface area contributed by atoms with Gasteiger partial charge in [0.2, 0.25) is 10.0 Å². The third-order valence-corrected chi connectivity index (χ3v) is 6.84. The number of sulfonamides is 1. The number of hydrogen-bond donors (Lipinski definition) is 1. The monoisotopic (exact) mass is 424 g/mol. The zero-order valence-corrected chi connectivity index (χ0v) is 17.1. The molecule has 1 amide bonds. The van der Waals surface area contributed by atoms with E-state index in [1.165, 1.54) is 29.6 Å². The van der Waals surface area contributed by atoms with E-state index in [4.69, 9.17) is 21.1 Å². The van der Waals surface area contributed by atoms with Crippen LogP contribution in [0, 0.1) is 6.92 Å². The summed E-state index contributed by atoms with van der Waals surface area (Å²) in [4.78, 5) is 12.9. The van der Waals surface area contributed by atoms with Gasteiger partial charge in [0, 0.05) is 23.8 Å². The fraction of sp³-hybridized carbons (Fsp3) is 0.316. The number of rotatable bonds is 5. The SMILES string of the molecule is COc1ccc(S(=O)(=O)N2CCOCC2)cc1C(=O)Nc1cccc(Cl)c1C. The minimum absolute atomic E-state index is 0.0307. The number of benzene rings is 2. The van der Waals surface area contributed by atoms with Gasteiger partial charge in [0.1, 0.15) is 5.75 Å². The van der Waals surface area contributed by atoms with Crippen molar-refractivity contribution < 1.29 is 22.7 Å². The Kier molecular flexibility index (Phi) is 6.24. The molecule has 150 valence electrons. The Bertz CT molecular complexity index is 988. The summed E-state index contributed by atoms with van der Waals surface area (Å²) in [5.41, 5.74) is 1.38. The van der Waals surface area contributed by atoms with Crippen LogP contribution in [0.15, 0.2) is 41.3 Å². The molecule has 0 radical (unpaired) electrons. The van der Waals surface area contributed by atoms with E-state index >= 15 is 0 Å². The van der Waals surface area contributed by atoms with Gasteiger partial charge in [-0.15, -0.1) is 0 Å². The highest BCUT2D eigenvalue weighted by Crippen LogP contribution is 2.28. The second-order valence-corrected chi connectivity index (χ2v) is 8.59. The number of carbonyl (C=O) groups excluding carboxylic acids is 1. The Morgan fingerprint density at radius 3 is 2.61 bits per heavy atom. The predicted octanol–water partition coefficient (Wildman–Crippen LogP) is 2.93. The van der Waals surface area contributed by atoms with Crippen molar-refractivity contribution in [2.24, 2.45) is 0 Å². The number of amides is 1. The van der Waals surface area contributed by atoms with Crippen molar-refractivity contribution in [3.8, 4) is 5.75 Å². The summed E-state index contributed by atoms with van der Waals surface area (Å²) in [6.45, 7) is 3.03. The molecule has 3 rings (SSSR count). The number of carbonyl (C=O) groups is 1. The maximum atomic E-state index is 12.9. The van der Waals surface area contributed by atoms with E-state index in [2.05, 4.69) is 5.32 Å². The summed E-state index contributed by atoms with van der Waals surface area (Å²) in [5.74, 6) is -0.209. The number of ether oxygens (including phenoxy) is 2. The molecular weight excluding hydrogens is 404 g/mol. The predicted molar refractivity (Wildman–Crippen MR) is 107 cm³/mol. The smallest absolute Gasteiger partial charge is 0.259 e. The first-order valence-electron chi connectivity index (χ1n) is 8.67. The van der Waals surface area contributed by atoms with Crippen LogP contribution in [0.25, 0.3) is 0 Å². The lowest BCUT2D eigenvalue weighted by molar-refractivity contribution is 0.0730. The normalized spacial score (nSPS) is 15.2. The first-order chi connectivity index (χ1) is 13.3. The first kappa shape index (κ1) is 20.6. The van der Waals surface area contributed by atoms with Gasteiger partial charge in [-0.3, -0.25) is 4.79 Å². The lowest BCUT2D eigenvalue weighted by Crippen LogP contribution is -2.40. The highest BCUT2D eigenvalue weighted by molar-refractivity contribution is 7.89. The molecule has 9 heteroatoms. The Morgan fingerprint density at radius 2 is 1.93 bits per heavy atom. The summed E-state index contributed by atoms with van der Waals surface area (Å²) in [6.07, 6.45) is 0. The van der Waals surface area contributed by atoms with Crippen molar-refractivity contribution in [1.82, 2.24) is 4.31 Å². The summed E-state index contributed by atoms with van der Waals surface area (Å²) in [6, 6.07) is 9.42. The highest BCUT2D eigenvalue weighted by atomic mass is 35.5. The summed E-state index contributed by atoms with van der Waals surface area (Å²) < 4.78 is 37.6. The van der Waals surface area contributed by atoms with Crippen LogP contribution in [0.5, 0.6) is 5.75 Å². The van der Waals surface area contributed by atoms with E-state index in [1.54, 1.807) is 25.1 Å². The van der Waals surface area contributed by atoms with Crippen molar-refractivity contribution in [2.45, 2.75) is 11.8 Å². The molecule has 7 nitrogen and oxygen atoms in total. The summed E-state index contributed by atoms with van der Waals surface area (Å²) in [5, 5.41) is 3.29. The van der Waals surface area contributed by atoms with E-state index in [1.807, 2.05) is 0 Å². The zero-order valence-electron chi connectivity index (χ0n) is 15.6. The second kappa shape index (κ2) is 8.48. The number of nitrogens with one attached hydrogen (secondary N) is 1. The molecule has 1 N–H and O–H groups in total. The van der Waals surface area contributed by atoms with Gasteiger partial charge >= 0.3 is 0 Å². The van der Waals surface area contributed by atoms with Gasteiger partial charge in [-0.25, -0.2) is 8.42 Å². The number of morpholine rings is 1. The van der Waals surface area contributed by atoms with Gasteiger partial charge < -0.3 is 14.8 Å². The van der Waals surface area contributed by atoms with Crippen molar-refractivity contribution in [2.75, 3.05) is 38.7 Å². The Balaban J connectivity index is 1.94. The molecule has 0 saturated carbocycles. The zero-order chi connectivity index (χ0) is 20.3. The Labute approximate surface area is 169 Å². The van der Waals surface area contributed by atoms with E-state index in [0.717, 1.165) is 0 Å². The molecule has 1 aliphatic rings. The van der Waals surface area contributed by atoms with Crippen LogP contribution >= 0.6 is 11.6 Å². The van der Waals surface area contributed by atoms with E-state index in [9.17, 15) is 13.2 Å². The van der Waals surface area contributed by atoms with Gasteiger partial charge in [-0.1, -0.05) is 17.7 Å². The minimum atomic E-state index is -3.73. The molecule has 0 aliphatic carbocycles. The standard InChI is InChI=1S/C19H21ClN2O5S/c1-13-16(20)4-3-5-17(13)21-19(23)15-12-14(6-7-18(15)26-2)28(24,25)22-8-10-27-11-9-22/h3-7,12H,8-11H2,1-2H3,(H,21,23). The number of halogens is 1. The quantitative estimate of drug-likeness (QED) is 0.797. The van der Waals surface area contributed by atoms with E-state index in [-0.39, 0.29) is 29.3 Å². The maximum absolute atomic E-state index is 12.9. The molecule has 2 aromatic rings. The minimum Gasteiger partial charge on any atom is -0.496 e. The lowest BCUT2D eigenvalue weighted by atomic mass is 10.1. The van der Waals surface area contributed by atoms with Crippen LogP contribution in [0.4, 0.5) is 5.69 Å². The fourth-order valence-corrected chi connectivity index (χ4v) is 4.50. The third-order valence-electron chi connectivity index (χ3n) is 4.54. The van der Waals surface area contributed by atoms with Crippen LogP contribution in [-0.4, -0.2) is 52.0 Å². The van der Waals surface area contributed by atoms with Crippen LogP contribution in [0.2, 0.25) is 5.02 Å². The largest absolute Gasteiger partial charge is 0.496 e. The highest BCUT2D eigenvalue weighted by Gasteiger charge is 2.28. The molecule has 0 aromatic heterocycles. The lowest BCUT2D eigenvalue weighted by Gasteiger charge is -2.26. The van der Waals surface area contributed by atoms with E-state index < -0.39 is 15.9 Å². The second-order valence-electron chi connectivity index (χ2n) is 6.25. The topological polar surface area (TPSA) is 84.9 Å². The van der Waals surface area contributed by atoms with Crippen molar-refractivity contribution in [3.05, 3.63) is 52.5 Å². The van der Waals surface area contributed by atoms with Gasteiger partial charge in [0.05, 0.1) is 30.8 Å². The molecule has 1 aliphatic heterocycles. The van der Waals surface area contributed by atoms with Crippen LogP contribution in [0.3, 0.4) is 0 Å². The number of hydrogen-bond acceptors (Lipinski definition) is 5. The average molecular weight is 425 g/mol. The molecule has 0 atom stereocenters. The maximum Gasteiger partial charge on any atom is 0.259 e. The molecule has 0 spiro atoms. The first-order valence-corrected chi connectivity index (χ1v) is 10.5. The van der Waals surface area contributed by atoms with Crippen molar-refractivity contribution >= 4 is 33.2 Å². The number of methoxy groups -OCH3 is 1. The third kappa shape index (κ3) is 4.15. The molecule has 28 heavy (non-hydrogen) atoms. The molecule has 1 saturated heterocycles. The van der Waals surface area contributed by atoms with Gasteiger partial charge in [-0.05, 0) is 42.8 Å². The Hall–Kier alpha value is -2.13. The van der Waals surface area contributed by atoms with Gasteiger partial charge in [-0.2, -0.15) is 4.31 Å². The number of anilines is 1. The molecule has 1 fully saturated rings. The molecule has 0 bridgehead atoms. The van der Waals surface area contributed by atoms with Crippen LogP contribution in [-0.2, 0) is 14.8 Å². The van der Waals surface area contributed by atoms with Gasteiger partial charge in [0.25, 0.3) is 5.91 Å². The van der Waals surface area contributed by atoms with Gasteiger partial charge in [0.15, 0.2) is 0 Å². The van der Waals surface area contributed by atoms with Crippen molar-refractivity contribution in [1.29, 1.82) is 0 Å². The average Bonchev–Trinajstić information content (AvgIpc) is 2.71. The van der Waals surface area contributed by atoms with Crippen LogP contribution in [0.1, 0.15) is 15.9 Å². The molecule has 0 unspecified atom stereocenters. The molecule has 1 heterocycles. The van der Waals surface area contributed by atoms with Crippen molar-refractivity contribution in [3.63, 3.8) is 0 Å². The summed E-state index contributed by atoms with van der Waals surface area (Å²) >= 11 is 6.10. The molecular formula is C19H21ClN2O5S. The summed E-state index contributed by atoms with van der Waals surface area (Å²) in [7, 11) is -2.31. The van der Waals surface area contributed by atoms with Crippen LogP contribution < -0.4 is 10.1 Å².